The number of urea groups is 1. The summed E-state index contributed by atoms with van der Waals surface area (Å²) in [5, 5.41) is 4.80. The van der Waals surface area contributed by atoms with Gasteiger partial charge >= 0.3 is 6.03 Å². The number of rotatable bonds is 4. The topological polar surface area (TPSA) is 97.1 Å². The van der Waals surface area contributed by atoms with Crippen LogP contribution in [0.3, 0.4) is 0 Å². The molecule has 0 saturated heterocycles. The van der Waals surface area contributed by atoms with Crippen LogP contribution in [0.1, 0.15) is 5.56 Å². The lowest BCUT2D eigenvalue weighted by Crippen LogP contribution is -2.40. The third-order valence-corrected chi connectivity index (χ3v) is 1.60. The van der Waals surface area contributed by atoms with Gasteiger partial charge in [-0.2, -0.15) is 0 Å². The molecule has 0 aliphatic carbocycles. The van der Waals surface area contributed by atoms with E-state index >= 15 is 0 Å². The Balaban J connectivity index is 2.22. The van der Waals surface area contributed by atoms with Crippen LogP contribution < -0.4 is 16.4 Å². The van der Waals surface area contributed by atoms with Crippen LogP contribution in [0, 0.1) is 0 Å². The van der Waals surface area contributed by atoms with E-state index in [4.69, 9.17) is 5.73 Å². The lowest BCUT2D eigenvalue weighted by atomic mass is 10.3. The molecule has 0 saturated carbocycles. The van der Waals surface area contributed by atoms with Gasteiger partial charge in [-0.15, -0.1) is 0 Å². The predicted molar refractivity (Wildman–Crippen MR) is 53.7 cm³/mol. The average molecular weight is 208 g/mol. The zero-order chi connectivity index (χ0) is 11.1. The Morgan fingerprint density at radius 3 is 2.87 bits per heavy atom. The van der Waals surface area contributed by atoms with Crippen LogP contribution in [-0.4, -0.2) is 23.5 Å². The molecule has 6 nitrogen and oxygen atoms in total. The molecule has 0 aliphatic rings. The average Bonchev–Trinajstić information content (AvgIpc) is 2.18. The van der Waals surface area contributed by atoms with Gasteiger partial charge in [-0.05, 0) is 11.6 Å². The summed E-state index contributed by atoms with van der Waals surface area (Å²) in [4.78, 5) is 25.2. The van der Waals surface area contributed by atoms with E-state index in [1.54, 1.807) is 18.5 Å². The molecule has 3 amide bonds. The highest BCUT2D eigenvalue weighted by atomic mass is 16.2. The Bertz CT molecular complexity index is 339. The van der Waals surface area contributed by atoms with Gasteiger partial charge in [0, 0.05) is 18.9 Å². The second-order valence-electron chi connectivity index (χ2n) is 2.88. The molecule has 1 rings (SSSR count). The first-order valence-corrected chi connectivity index (χ1v) is 4.37. The highest BCUT2D eigenvalue weighted by Crippen LogP contribution is 1.93. The van der Waals surface area contributed by atoms with E-state index in [9.17, 15) is 9.59 Å². The molecule has 0 aliphatic heterocycles. The molecule has 6 heteroatoms. The lowest BCUT2D eigenvalue weighted by Gasteiger charge is -2.03. The van der Waals surface area contributed by atoms with Gasteiger partial charge < -0.3 is 11.1 Å². The molecule has 1 aromatic rings. The van der Waals surface area contributed by atoms with Crippen molar-refractivity contribution in [2.75, 3.05) is 6.54 Å². The largest absolute Gasteiger partial charge is 0.351 e. The van der Waals surface area contributed by atoms with Gasteiger partial charge in [-0.3, -0.25) is 15.1 Å². The maximum Gasteiger partial charge on any atom is 0.318 e. The van der Waals surface area contributed by atoms with Gasteiger partial charge in [-0.1, -0.05) is 6.07 Å². The minimum Gasteiger partial charge on any atom is -0.351 e. The highest BCUT2D eigenvalue weighted by molar-refractivity contribution is 5.94. The Morgan fingerprint density at radius 2 is 2.27 bits per heavy atom. The molecular formula is C9H12N4O2. The predicted octanol–water partition coefficient (Wildman–Crippen LogP) is -0.634. The molecule has 1 heterocycles. The summed E-state index contributed by atoms with van der Waals surface area (Å²) in [6, 6.07) is 2.84. The van der Waals surface area contributed by atoms with E-state index in [0.717, 1.165) is 5.56 Å². The third kappa shape index (κ3) is 4.72. The number of nitrogens with one attached hydrogen (secondary N) is 2. The SMILES string of the molecule is NC(=O)NC(=O)CNCc1cccnc1. The minimum absolute atomic E-state index is 0.0395. The van der Waals surface area contributed by atoms with Crippen molar-refractivity contribution in [1.82, 2.24) is 15.6 Å². The van der Waals surface area contributed by atoms with Crippen molar-refractivity contribution in [2.45, 2.75) is 6.54 Å². The van der Waals surface area contributed by atoms with Gasteiger partial charge in [0.05, 0.1) is 6.54 Å². The van der Waals surface area contributed by atoms with Gasteiger partial charge in [0.25, 0.3) is 0 Å². The minimum atomic E-state index is -0.844. The Labute approximate surface area is 86.9 Å². The number of nitrogens with zero attached hydrogens (tertiary/aromatic N) is 1. The fourth-order valence-corrected chi connectivity index (χ4v) is 1.00. The molecule has 0 fully saturated rings. The Hall–Kier alpha value is -1.95. The van der Waals surface area contributed by atoms with Crippen molar-refractivity contribution in [1.29, 1.82) is 0 Å². The number of nitrogens with two attached hydrogens (primary N) is 1. The van der Waals surface area contributed by atoms with E-state index in [2.05, 4.69) is 10.3 Å². The van der Waals surface area contributed by atoms with Gasteiger partial charge in [0.15, 0.2) is 0 Å². The van der Waals surface area contributed by atoms with Crippen LogP contribution in [0.4, 0.5) is 4.79 Å². The normalized spacial score (nSPS) is 9.60. The molecule has 0 atom stereocenters. The molecule has 4 N–H and O–H groups in total. The smallest absolute Gasteiger partial charge is 0.318 e. The van der Waals surface area contributed by atoms with Crippen LogP contribution >= 0.6 is 0 Å². The van der Waals surface area contributed by atoms with E-state index in [-0.39, 0.29) is 6.54 Å². The molecule has 0 radical (unpaired) electrons. The summed E-state index contributed by atoms with van der Waals surface area (Å²) in [6.45, 7) is 0.553. The standard InChI is InChI=1S/C9H12N4O2/c10-9(15)13-8(14)6-12-5-7-2-1-3-11-4-7/h1-4,12H,5-6H2,(H3,10,13,14,15). The Morgan fingerprint density at radius 1 is 1.47 bits per heavy atom. The molecule has 0 aromatic carbocycles. The zero-order valence-corrected chi connectivity index (χ0v) is 8.06. The van der Waals surface area contributed by atoms with E-state index < -0.39 is 11.9 Å². The van der Waals surface area contributed by atoms with E-state index in [0.29, 0.717) is 6.54 Å². The van der Waals surface area contributed by atoms with Crippen LogP contribution in [0.25, 0.3) is 0 Å². The number of amides is 3. The van der Waals surface area contributed by atoms with Crippen LogP contribution in [-0.2, 0) is 11.3 Å². The first-order chi connectivity index (χ1) is 7.18. The summed E-state index contributed by atoms with van der Waals surface area (Å²) in [5.41, 5.74) is 5.73. The second kappa shape index (κ2) is 5.71. The van der Waals surface area contributed by atoms with Crippen molar-refractivity contribution in [3.63, 3.8) is 0 Å². The van der Waals surface area contributed by atoms with Crippen molar-refractivity contribution in [3.05, 3.63) is 30.1 Å². The number of hydrogen-bond acceptors (Lipinski definition) is 4. The van der Waals surface area contributed by atoms with Crippen LogP contribution in [0.5, 0.6) is 0 Å². The molecule has 1 aromatic heterocycles. The quantitative estimate of drug-likeness (QED) is 0.613. The van der Waals surface area contributed by atoms with Gasteiger partial charge in [0.2, 0.25) is 5.91 Å². The highest BCUT2D eigenvalue weighted by Gasteiger charge is 2.02. The molecular weight excluding hydrogens is 196 g/mol. The first kappa shape index (κ1) is 11.1. The summed E-state index contributed by atoms with van der Waals surface area (Å²) in [5.74, 6) is -0.452. The summed E-state index contributed by atoms with van der Waals surface area (Å²) >= 11 is 0. The molecule has 0 unspecified atom stereocenters. The van der Waals surface area contributed by atoms with Crippen molar-refractivity contribution in [3.8, 4) is 0 Å². The van der Waals surface area contributed by atoms with Gasteiger partial charge in [-0.25, -0.2) is 4.79 Å². The Kier molecular flexibility index (Phi) is 4.24. The third-order valence-electron chi connectivity index (χ3n) is 1.60. The number of carbonyl (C=O) groups excluding carboxylic acids is 2. The number of primary amides is 1. The van der Waals surface area contributed by atoms with Crippen LogP contribution in [0.2, 0.25) is 0 Å². The number of imide groups is 1. The number of hydrogen-bond donors (Lipinski definition) is 3. The maximum absolute atomic E-state index is 11.0. The molecule has 15 heavy (non-hydrogen) atoms. The first-order valence-electron chi connectivity index (χ1n) is 4.37. The van der Waals surface area contributed by atoms with E-state index in [1.165, 1.54) is 0 Å². The maximum atomic E-state index is 11.0. The lowest BCUT2D eigenvalue weighted by molar-refractivity contribution is -0.119. The number of pyridine rings is 1. The van der Waals surface area contributed by atoms with E-state index in [1.807, 2.05) is 11.4 Å². The zero-order valence-electron chi connectivity index (χ0n) is 8.06. The van der Waals surface area contributed by atoms with Crippen LogP contribution in [0.15, 0.2) is 24.5 Å². The fraction of sp³-hybridized carbons (Fsp3) is 0.222. The molecule has 80 valence electrons. The fourth-order valence-electron chi connectivity index (χ4n) is 1.00. The molecule has 0 bridgehead atoms. The number of aromatic nitrogens is 1. The molecule has 0 spiro atoms. The van der Waals surface area contributed by atoms with Crippen molar-refractivity contribution in [2.24, 2.45) is 5.73 Å². The summed E-state index contributed by atoms with van der Waals surface area (Å²) in [6.07, 6.45) is 3.36. The number of carbonyl (C=O) groups is 2. The van der Waals surface area contributed by atoms with Gasteiger partial charge in [0.1, 0.15) is 0 Å². The summed E-state index contributed by atoms with van der Waals surface area (Å²) in [7, 11) is 0. The van der Waals surface area contributed by atoms with Crippen molar-refractivity contribution < 1.29 is 9.59 Å². The second-order valence-corrected chi connectivity index (χ2v) is 2.88. The monoisotopic (exact) mass is 208 g/mol. The van der Waals surface area contributed by atoms with Crippen molar-refractivity contribution >= 4 is 11.9 Å². The summed E-state index contributed by atoms with van der Waals surface area (Å²) < 4.78 is 0.